The first kappa shape index (κ1) is 18.3. The Labute approximate surface area is 161 Å². The molecule has 3 heterocycles. The first-order chi connectivity index (χ1) is 12.8. The highest BCUT2D eigenvalue weighted by atomic mass is 32.1. The van der Waals surface area contributed by atoms with Gasteiger partial charge in [-0.25, -0.2) is 0 Å². The predicted octanol–water partition coefficient (Wildman–Crippen LogP) is 2.96. The third-order valence-electron chi connectivity index (χ3n) is 6.43. The van der Waals surface area contributed by atoms with Crippen LogP contribution in [-0.2, 0) is 4.74 Å². The number of nitrogens with zero attached hydrogens (tertiary/aromatic N) is 3. The Bertz CT molecular complexity index is 591. The second-order valence-corrected chi connectivity index (χ2v) is 8.97. The molecule has 1 aromatic rings. The molecule has 0 bridgehead atoms. The topological polar surface area (TPSA) is 40.1 Å². The third kappa shape index (κ3) is 3.92. The van der Waals surface area contributed by atoms with Crippen molar-refractivity contribution in [1.82, 2.24) is 15.1 Å². The number of likely N-dealkylation sites (tertiary alicyclic amines) is 1. The first-order valence-corrected chi connectivity index (χ1v) is 11.0. The molecule has 3 aliphatic rings. The Balaban J connectivity index is 1.39. The minimum atomic E-state index is 0.402. The van der Waals surface area contributed by atoms with Crippen molar-refractivity contribution in [1.29, 1.82) is 0 Å². The Kier molecular flexibility index (Phi) is 5.81. The van der Waals surface area contributed by atoms with Crippen molar-refractivity contribution in [2.75, 3.05) is 53.0 Å². The van der Waals surface area contributed by atoms with Gasteiger partial charge in [0.1, 0.15) is 0 Å². The number of morpholine rings is 1. The first-order valence-electron chi connectivity index (χ1n) is 10.1. The summed E-state index contributed by atoms with van der Waals surface area (Å²) in [7, 11) is 1.93. The van der Waals surface area contributed by atoms with E-state index in [1.807, 2.05) is 18.4 Å². The predicted molar refractivity (Wildman–Crippen MR) is 108 cm³/mol. The normalized spacial score (nSPS) is 25.1. The minimum Gasteiger partial charge on any atom is -0.379 e. The summed E-state index contributed by atoms with van der Waals surface area (Å²) in [6, 6.07) is 4.82. The van der Waals surface area contributed by atoms with Crippen LogP contribution in [0, 0.1) is 5.41 Å². The molecule has 1 N–H and O–H groups in total. The van der Waals surface area contributed by atoms with Gasteiger partial charge in [0, 0.05) is 44.6 Å². The minimum absolute atomic E-state index is 0.402. The second kappa shape index (κ2) is 8.28. The highest BCUT2D eigenvalue weighted by Gasteiger charge is 2.41. The average molecular weight is 377 g/mol. The monoisotopic (exact) mass is 376 g/mol. The number of thiophene rings is 1. The van der Waals surface area contributed by atoms with Gasteiger partial charge >= 0.3 is 0 Å². The van der Waals surface area contributed by atoms with Crippen LogP contribution in [0.5, 0.6) is 0 Å². The number of guanidine groups is 1. The van der Waals surface area contributed by atoms with Gasteiger partial charge in [-0.05, 0) is 36.1 Å². The lowest BCUT2D eigenvalue weighted by atomic mass is 9.86. The van der Waals surface area contributed by atoms with E-state index in [4.69, 9.17) is 4.74 Å². The Morgan fingerprint density at radius 3 is 2.77 bits per heavy atom. The van der Waals surface area contributed by atoms with Crippen LogP contribution in [-0.4, -0.2) is 68.7 Å². The van der Waals surface area contributed by atoms with Crippen LogP contribution in [0.3, 0.4) is 0 Å². The van der Waals surface area contributed by atoms with E-state index in [9.17, 15) is 0 Å². The van der Waals surface area contributed by atoms with E-state index < -0.39 is 0 Å². The van der Waals surface area contributed by atoms with Gasteiger partial charge in [0.25, 0.3) is 0 Å². The van der Waals surface area contributed by atoms with Crippen LogP contribution in [0.2, 0.25) is 0 Å². The van der Waals surface area contributed by atoms with E-state index in [1.165, 1.54) is 43.5 Å². The quantitative estimate of drug-likeness (QED) is 0.648. The fraction of sp³-hybridized carbons (Fsp3) is 0.750. The van der Waals surface area contributed by atoms with E-state index >= 15 is 0 Å². The molecule has 5 nitrogen and oxygen atoms in total. The van der Waals surface area contributed by atoms with E-state index in [0.717, 1.165) is 45.4 Å². The van der Waals surface area contributed by atoms with E-state index in [1.54, 1.807) is 0 Å². The van der Waals surface area contributed by atoms with E-state index in [-0.39, 0.29) is 0 Å². The second-order valence-electron chi connectivity index (χ2n) is 7.99. The molecule has 1 aliphatic carbocycles. The van der Waals surface area contributed by atoms with Crippen LogP contribution in [0.15, 0.2) is 22.5 Å². The standard InChI is InChI=1S/C20H32N4OS/c1-21-19(24-9-8-20(16-24)6-2-3-7-20)22-15-17(18-5-4-14-26-18)23-10-12-25-13-11-23/h4-5,14,17H,2-3,6-13,15-16H2,1H3,(H,21,22). The largest absolute Gasteiger partial charge is 0.379 e. The Morgan fingerprint density at radius 2 is 2.08 bits per heavy atom. The lowest BCUT2D eigenvalue weighted by Crippen LogP contribution is -2.47. The summed E-state index contributed by atoms with van der Waals surface area (Å²) < 4.78 is 5.56. The fourth-order valence-electron chi connectivity index (χ4n) is 4.95. The van der Waals surface area contributed by atoms with Crippen molar-refractivity contribution in [2.24, 2.45) is 10.4 Å². The van der Waals surface area contributed by atoms with Crippen LogP contribution in [0.25, 0.3) is 0 Å². The highest BCUT2D eigenvalue weighted by molar-refractivity contribution is 7.10. The van der Waals surface area contributed by atoms with Gasteiger partial charge in [0.15, 0.2) is 5.96 Å². The van der Waals surface area contributed by atoms with Crippen molar-refractivity contribution in [3.05, 3.63) is 22.4 Å². The summed E-state index contributed by atoms with van der Waals surface area (Å²) in [4.78, 5) is 11.1. The van der Waals surface area contributed by atoms with Gasteiger partial charge in [-0.3, -0.25) is 9.89 Å². The van der Waals surface area contributed by atoms with Crippen molar-refractivity contribution < 1.29 is 4.74 Å². The van der Waals surface area contributed by atoms with E-state index in [0.29, 0.717) is 11.5 Å². The average Bonchev–Trinajstić information content (AvgIpc) is 3.44. The van der Waals surface area contributed by atoms with Gasteiger partial charge in [-0.15, -0.1) is 11.3 Å². The molecule has 2 aliphatic heterocycles. The number of nitrogens with one attached hydrogen (secondary N) is 1. The summed E-state index contributed by atoms with van der Waals surface area (Å²) >= 11 is 1.86. The van der Waals surface area contributed by atoms with Gasteiger partial charge in [0.05, 0.1) is 19.3 Å². The molecule has 1 spiro atoms. The van der Waals surface area contributed by atoms with Crippen LogP contribution < -0.4 is 5.32 Å². The summed E-state index contributed by atoms with van der Waals surface area (Å²) in [6.07, 6.45) is 6.98. The Hall–Kier alpha value is -1.11. The molecule has 3 fully saturated rings. The van der Waals surface area contributed by atoms with E-state index in [2.05, 4.69) is 37.6 Å². The van der Waals surface area contributed by atoms with Gasteiger partial charge in [0.2, 0.25) is 0 Å². The number of rotatable bonds is 4. The van der Waals surface area contributed by atoms with Gasteiger partial charge < -0.3 is 15.0 Å². The molecule has 4 rings (SSSR count). The van der Waals surface area contributed by atoms with Crippen molar-refractivity contribution in [3.63, 3.8) is 0 Å². The summed E-state index contributed by atoms with van der Waals surface area (Å²) in [6.45, 7) is 6.95. The molecule has 1 unspecified atom stereocenters. The van der Waals surface area contributed by atoms with Crippen molar-refractivity contribution in [3.8, 4) is 0 Å². The third-order valence-corrected chi connectivity index (χ3v) is 7.40. The molecule has 1 atom stereocenters. The molecule has 1 aromatic heterocycles. The van der Waals surface area contributed by atoms with Crippen LogP contribution in [0.4, 0.5) is 0 Å². The van der Waals surface area contributed by atoms with Crippen LogP contribution in [0.1, 0.15) is 43.0 Å². The molecule has 144 valence electrons. The Morgan fingerprint density at radius 1 is 1.27 bits per heavy atom. The molecule has 0 aromatic carbocycles. The number of ether oxygens (including phenoxy) is 1. The molecular formula is C20H32N4OS. The number of hydrogen-bond acceptors (Lipinski definition) is 4. The highest BCUT2D eigenvalue weighted by Crippen LogP contribution is 2.45. The zero-order valence-corrected chi connectivity index (χ0v) is 16.8. The lowest BCUT2D eigenvalue weighted by Gasteiger charge is -2.35. The molecule has 2 saturated heterocycles. The molecule has 0 amide bonds. The molecule has 6 heteroatoms. The van der Waals surface area contributed by atoms with Crippen LogP contribution >= 0.6 is 11.3 Å². The zero-order valence-electron chi connectivity index (χ0n) is 16.0. The maximum atomic E-state index is 5.56. The maximum Gasteiger partial charge on any atom is 0.193 e. The van der Waals surface area contributed by atoms with Gasteiger partial charge in [-0.2, -0.15) is 0 Å². The molecular weight excluding hydrogens is 344 g/mol. The molecule has 26 heavy (non-hydrogen) atoms. The summed E-state index contributed by atoms with van der Waals surface area (Å²) in [5, 5.41) is 5.89. The number of hydrogen-bond donors (Lipinski definition) is 1. The molecule has 1 saturated carbocycles. The van der Waals surface area contributed by atoms with Gasteiger partial charge in [-0.1, -0.05) is 18.9 Å². The van der Waals surface area contributed by atoms with Crippen molar-refractivity contribution in [2.45, 2.75) is 38.1 Å². The fourth-order valence-corrected chi connectivity index (χ4v) is 5.81. The van der Waals surface area contributed by atoms with Crippen molar-refractivity contribution >= 4 is 17.3 Å². The summed E-state index contributed by atoms with van der Waals surface area (Å²) in [5.41, 5.74) is 0.578. The zero-order chi connectivity index (χ0) is 17.8. The smallest absolute Gasteiger partial charge is 0.193 e. The summed E-state index contributed by atoms with van der Waals surface area (Å²) in [5.74, 6) is 1.09. The number of aliphatic imine (C=N–C) groups is 1. The lowest BCUT2D eigenvalue weighted by molar-refractivity contribution is 0.0176. The molecule has 0 radical (unpaired) electrons. The maximum absolute atomic E-state index is 5.56. The SMILES string of the molecule is CN=C(NCC(c1cccs1)N1CCOCC1)N1CCC2(CCCC2)C1.